The number of likely N-dealkylation sites (tertiary alicyclic amines) is 1. The minimum atomic E-state index is 0.771. The third-order valence-corrected chi connectivity index (χ3v) is 3.97. The highest BCUT2D eigenvalue weighted by molar-refractivity contribution is 7.80. The summed E-state index contributed by atoms with van der Waals surface area (Å²) in [5, 5.41) is 0. The van der Waals surface area contributed by atoms with Crippen LogP contribution in [0.4, 0.5) is 0 Å². The summed E-state index contributed by atoms with van der Waals surface area (Å²) in [4.78, 5) is 4.97. The quantitative estimate of drug-likeness (QED) is 0.697. The molecule has 0 saturated carbocycles. The third kappa shape index (κ3) is 4.33. The van der Waals surface area contributed by atoms with Crippen molar-refractivity contribution in [3.8, 4) is 0 Å². The minimum Gasteiger partial charge on any atom is -0.305 e. The largest absolute Gasteiger partial charge is 0.305 e. The number of rotatable bonds is 6. The summed E-state index contributed by atoms with van der Waals surface area (Å²) in [6.07, 6.45) is 3.95. The summed E-state index contributed by atoms with van der Waals surface area (Å²) in [7, 11) is 4.38. The molecule has 0 aromatic heterocycles. The predicted molar refractivity (Wildman–Crippen MR) is 70.8 cm³/mol. The lowest BCUT2D eigenvalue weighted by molar-refractivity contribution is 0.244. The molecule has 1 aliphatic rings. The molecule has 0 aromatic rings. The Morgan fingerprint density at radius 3 is 2.67 bits per heavy atom. The standard InChI is InChI=1S/C12H26N2S/c1-4-5-11(10-15)8-14-7-6-12(9-14)13(2)3/h11-12,15H,4-10H2,1-3H3. The van der Waals surface area contributed by atoms with E-state index < -0.39 is 0 Å². The molecule has 1 fully saturated rings. The van der Waals surface area contributed by atoms with E-state index in [1.807, 2.05) is 0 Å². The molecule has 3 heteroatoms. The van der Waals surface area contributed by atoms with Gasteiger partial charge in [0.25, 0.3) is 0 Å². The Morgan fingerprint density at radius 1 is 1.47 bits per heavy atom. The topological polar surface area (TPSA) is 6.48 Å². The number of likely N-dealkylation sites (N-methyl/N-ethyl adjacent to an activating group) is 1. The highest BCUT2D eigenvalue weighted by atomic mass is 32.1. The van der Waals surface area contributed by atoms with Crippen LogP contribution in [0, 0.1) is 5.92 Å². The predicted octanol–water partition coefficient (Wildman–Crippen LogP) is 1.97. The van der Waals surface area contributed by atoms with E-state index in [0.29, 0.717) is 0 Å². The van der Waals surface area contributed by atoms with Gasteiger partial charge < -0.3 is 9.80 Å². The molecule has 0 aliphatic carbocycles. The second-order valence-corrected chi connectivity index (χ2v) is 5.37. The smallest absolute Gasteiger partial charge is 0.0229 e. The van der Waals surface area contributed by atoms with Crippen LogP contribution < -0.4 is 0 Å². The first-order valence-corrected chi connectivity index (χ1v) is 6.80. The van der Waals surface area contributed by atoms with Gasteiger partial charge in [-0.1, -0.05) is 13.3 Å². The Bertz CT molecular complexity index is 173. The summed E-state index contributed by atoms with van der Waals surface area (Å²) >= 11 is 4.45. The van der Waals surface area contributed by atoms with Gasteiger partial charge in [-0.25, -0.2) is 0 Å². The van der Waals surface area contributed by atoms with Gasteiger partial charge in [0, 0.05) is 19.1 Å². The number of nitrogens with zero attached hydrogens (tertiary/aromatic N) is 2. The summed E-state index contributed by atoms with van der Waals surface area (Å²) < 4.78 is 0. The zero-order valence-corrected chi connectivity index (χ0v) is 11.3. The average molecular weight is 230 g/mol. The lowest BCUT2D eigenvalue weighted by Gasteiger charge is -2.23. The van der Waals surface area contributed by atoms with Gasteiger partial charge in [-0.2, -0.15) is 12.6 Å². The maximum absolute atomic E-state index is 4.45. The van der Waals surface area contributed by atoms with E-state index >= 15 is 0 Å². The summed E-state index contributed by atoms with van der Waals surface area (Å²) in [6.45, 7) is 6.04. The lowest BCUT2D eigenvalue weighted by Crippen LogP contribution is -2.34. The molecule has 1 aliphatic heterocycles. The van der Waals surface area contributed by atoms with Crippen molar-refractivity contribution in [3.63, 3.8) is 0 Å². The van der Waals surface area contributed by atoms with Crippen molar-refractivity contribution >= 4 is 12.6 Å². The van der Waals surface area contributed by atoms with Crippen molar-refractivity contribution in [2.45, 2.75) is 32.2 Å². The molecule has 1 saturated heterocycles. The highest BCUT2D eigenvalue weighted by Crippen LogP contribution is 2.17. The Hall–Kier alpha value is 0.270. The Balaban J connectivity index is 2.27. The molecule has 1 rings (SSSR count). The monoisotopic (exact) mass is 230 g/mol. The van der Waals surface area contributed by atoms with E-state index in [0.717, 1.165) is 17.7 Å². The molecule has 2 nitrogen and oxygen atoms in total. The molecule has 0 amide bonds. The van der Waals surface area contributed by atoms with E-state index in [9.17, 15) is 0 Å². The van der Waals surface area contributed by atoms with E-state index in [1.165, 1.54) is 38.9 Å². The molecule has 0 spiro atoms. The maximum atomic E-state index is 4.45. The molecular weight excluding hydrogens is 204 g/mol. The zero-order valence-electron chi connectivity index (χ0n) is 10.4. The van der Waals surface area contributed by atoms with Crippen LogP contribution in [0.25, 0.3) is 0 Å². The van der Waals surface area contributed by atoms with E-state index in [-0.39, 0.29) is 0 Å². The Kier molecular flexibility index (Phi) is 6.02. The van der Waals surface area contributed by atoms with Crippen molar-refractivity contribution in [2.75, 3.05) is 39.5 Å². The van der Waals surface area contributed by atoms with E-state index in [2.05, 4.69) is 43.4 Å². The molecule has 90 valence electrons. The van der Waals surface area contributed by atoms with Gasteiger partial charge in [0.2, 0.25) is 0 Å². The van der Waals surface area contributed by atoms with Crippen LogP contribution in [0.1, 0.15) is 26.2 Å². The first-order valence-electron chi connectivity index (χ1n) is 6.17. The molecule has 1 heterocycles. The van der Waals surface area contributed by atoms with E-state index in [4.69, 9.17) is 0 Å². The minimum absolute atomic E-state index is 0.771. The van der Waals surface area contributed by atoms with Crippen molar-refractivity contribution in [3.05, 3.63) is 0 Å². The van der Waals surface area contributed by atoms with Gasteiger partial charge in [-0.15, -0.1) is 0 Å². The Morgan fingerprint density at radius 2 is 2.20 bits per heavy atom. The highest BCUT2D eigenvalue weighted by Gasteiger charge is 2.25. The van der Waals surface area contributed by atoms with Gasteiger partial charge in [-0.05, 0) is 45.2 Å². The third-order valence-electron chi connectivity index (χ3n) is 3.45. The molecule has 0 aromatic carbocycles. The molecular formula is C12H26N2S. The first kappa shape index (κ1) is 13.3. The fraction of sp³-hybridized carbons (Fsp3) is 1.00. The zero-order chi connectivity index (χ0) is 11.3. The number of thiol groups is 1. The van der Waals surface area contributed by atoms with E-state index in [1.54, 1.807) is 0 Å². The normalized spacial score (nSPS) is 25.0. The van der Waals surface area contributed by atoms with Gasteiger partial charge in [0.05, 0.1) is 0 Å². The van der Waals surface area contributed by atoms with Gasteiger partial charge in [-0.3, -0.25) is 0 Å². The second kappa shape index (κ2) is 6.77. The Labute approximate surface area is 100 Å². The van der Waals surface area contributed by atoms with Crippen molar-refractivity contribution in [1.82, 2.24) is 9.80 Å². The number of hydrogen-bond acceptors (Lipinski definition) is 3. The SMILES string of the molecule is CCCC(CS)CN1CCC(N(C)C)C1. The van der Waals surface area contributed by atoms with Crippen LogP contribution in [-0.4, -0.2) is 55.3 Å². The molecule has 2 atom stereocenters. The van der Waals surface area contributed by atoms with Crippen molar-refractivity contribution in [2.24, 2.45) is 5.92 Å². The summed E-state index contributed by atoms with van der Waals surface area (Å²) in [5.74, 6) is 1.83. The first-order chi connectivity index (χ1) is 7.17. The molecule has 15 heavy (non-hydrogen) atoms. The summed E-state index contributed by atoms with van der Waals surface area (Å²) in [6, 6.07) is 0.771. The fourth-order valence-corrected chi connectivity index (χ4v) is 2.71. The molecule has 0 radical (unpaired) electrons. The van der Waals surface area contributed by atoms with Crippen molar-refractivity contribution in [1.29, 1.82) is 0 Å². The number of hydrogen-bond donors (Lipinski definition) is 1. The van der Waals surface area contributed by atoms with Crippen LogP contribution in [-0.2, 0) is 0 Å². The summed E-state index contributed by atoms with van der Waals surface area (Å²) in [5.41, 5.74) is 0. The lowest BCUT2D eigenvalue weighted by atomic mass is 10.1. The van der Waals surface area contributed by atoms with Gasteiger partial charge >= 0.3 is 0 Å². The van der Waals surface area contributed by atoms with Crippen LogP contribution >= 0.6 is 12.6 Å². The molecule has 0 bridgehead atoms. The van der Waals surface area contributed by atoms with Gasteiger partial charge in [0.1, 0.15) is 0 Å². The molecule has 0 N–H and O–H groups in total. The maximum Gasteiger partial charge on any atom is 0.0229 e. The molecule has 2 unspecified atom stereocenters. The van der Waals surface area contributed by atoms with Crippen LogP contribution in [0.2, 0.25) is 0 Å². The van der Waals surface area contributed by atoms with Crippen LogP contribution in [0.15, 0.2) is 0 Å². The fourth-order valence-electron chi connectivity index (χ4n) is 2.41. The average Bonchev–Trinajstić information content (AvgIpc) is 2.65. The van der Waals surface area contributed by atoms with Crippen LogP contribution in [0.5, 0.6) is 0 Å². The van der Waals surface area contributed by atoms with Gasteiger partial charge in [0.15, 0.2) is 0 Å². The van der Waals surface area contributed by atoms with Crippen molar-refractivity contribution < 1.29 is 0 Å². The van der Waals surface area contributed by atoms with Crippen LogP contribution in [0.3, 0.4) is 0 Å². The second-order valence-electron chi connectivity index (χ2n) is 5.00.